The summed E-state index contributed by atoms with van der Waals surface area (Å²) in [5, 5.41) is 12.2. The highest BCUT2D eigenvalue weighted by atomic mass is 32.2. The lowest BCUT2D eigenvalue weighted by molar-refractivity contribution is -0.132. The average molecular weight is 599 g/mol. The highest BCUT2D eigenvalue weighted by Gasteiger charge is 2.49. The number of nitrogens with one attached hydrogen (secondary N) is 1. The van der Waals surface area contributed by atoms with Crippen molar-refractivity contribution in [2.24, 2.45) is 5.41 Å². The summed E-state index contributed by atoms with van der Waals surface area (Å²) in [5.41, 5.74) is -6.43. The molecule has 0 fully saturated rings. The molecule has 0 radical (unpaired) electrons. The summed E-state index contributed by atoms with van der Waals surface area (Å²) in [5.74, 6) is -2.43. The van der Waals surface area contributed by atoms with Crippen molar-refractivity contribution in [1.29, 1.82) is 0 Å². The molecule has 1 aromatic carbocycles. The van der Waals surface area contributed by atoms with Gasteiger partial charge in [-0.1, -0.05) is 43.7 Å². The minimum Gasteiger partial charge on any atom is -0.396 e. The third kappa shape index (κ3) is 7.61. The van der Waals surface area contributed by atoms with Gasteiger partial charge in [0.05, 0.1) is 0 Å². The van der Waals surface area contributed by atoms with E-state index in [2.05, 4.69) is 14.5 Å². The molecule has 2 aromatic heterocycles. The van der Waals surface area contributed by atoms with Gasteiger partial charge in [0.15, 0.2) is 0 Å². The van der Waals surface area contributed by atoms with E-state index in [9.17, 15) is 41.1 Å². The van der Waals surface area contributed by atoms with Crippen molar-refractivity contribution in [1.82, 2.24) is 19.8 Å². The lowest BCUT2D eigenvalue weighted by Crippen LogP contribution is -2.41. The molecule has 222 valence electrons. The minimum absolute atomic E-state index is 0.0491. The SMILES string of the molecule is Cc1ccc(CNC(=O)c2cc3ccc(OS(=O)(=O)C(F)(F)F)nc3n(CC(=O)N(C)CC(C)(C)CO)c2=O)cc1. The second-order valence-corrected chi connectivity index (χ2v) is 11.8. The summed E-state index contributed by atoms with van der Waals surface area (Å²) in [7, 11) is -4.65. The monoisotopic (exact) mass is 598 g/mol. The van der Waals surface area contributed by atoms with Gasteiger partial charge in [-0.3, -0.25) is 19.0 Å². The number of carbonyl (C=O) groups is 2. The third-order valence-electron chi connectivity index (χ3n) is 6.02. The van der Waals surface area contributed by atoms with Crippen LogP contribution in [0, 0.1) is 12.3 Å². The number of aryl methyl sites for hydroxylation is 1. The van der Waals surface area contributed by atoms with Crippen LogP contribution >= 0.6 is 0 Å². The normalized spacial score (nSPS) is 12.3. The molecule has 0 aliphatic heterocycles. The first-order chi connectivity index (χ1) is 18.9. The number of aliphatic hydroxyl groups excluding tert-OH is 1. The number of hydrogen-bond donors (Lipinski definition) is 2. The van der Waals surface area contributed by atoms with Crippen molar-refractivity contribution in [2.45, 2.75) is 39.4 Å². The standard InChI is InChI=1S/C26H29F3N4O7S/c1-16-5-7-17(8-6-16)12-30-23(36)19-11-18-9-10-20(40-41(38,39)26(27,28)29)31-22(18)33(24(19)37)13-21(35)32(4)14-25(2,3)15-34/h5-11,34H,12-15H2,1-4H3,(H,30,36). The molecule has 0 bridgehead atoms. The van der Waals surface area contributed by atoms with E-state index in [-0.39, 0.29) is 36.3 Å². The Hall–Kier alpha value is -3.98. The molecule has 0 aliphatic carbocycles. The molecule has 41 heavy (non-hydrogen) atoms. The van der Waals surface area contributed by atoms with Gasteiger partial charge in [-0.25, -0.2) is 0 Å². The number of fused-ring (bicyclic) bond motifs is 1. The van der Waals surface area contributed by atoms with Gasteiger partial charge in [-0.15, -0.1) is 0 Å². The predicted octanol–water partition coefficient (Wildman–Crippen LogP) is 2.34. The van der Waals surface area contributed by atoms with Crippen molar-refractivity contribution >= 4 is 33.0 Å². The molecule has 0 spiro atoms. The molecular formula is C26H29F3N4O7S. The fourth-order valence-electron chi connectivity index (χ4n) is 3.76. The largest absolute Gasteiger partial charge is 0.534 e. The maximum atomic E-state index is 13.4. The number of rotatable bonds is 10. The Bertz CT molecular complexity index is 1620. The molecule has 15 heteroatoms. The van der Waals surface area contributed by atoms with E-state index in [1.807, 2.05) is 19.1 Å². The zero-order chi connectivity index (χ0) is 30.8. The van der Waals surface area contributed by atoms with Gasteiger partial charge in [-0.2, -0.15) is 26.6 Å². The number of halogens is 3. The summed E-state index contributed by atoms with van der Waals surface area (Å²) < 4.78 is 66.4. The highest BCUT2D eigenvalue weighted by Crippen LogP contribution is 2.27. The van der Waals surface area contributed by atoms with Crippen LogP contribution in [0.5, 0.6) is 5.88 Å². The smallest absolute Gasteiger partial charge is 0.396 e. The van der Waals surface area contributed by atoms with Crippen LogP contribution in [0.2, 0.25) is 0 Å². The Morgan fingerprint density at radius 2 is 1.76 bits per heavy atom. The van der Waals surface area contributed by atoms with Gasteiger partial charge in [0.1, 0.15) is 17.8 Å². The molecule has 0 aliphatic rings. The molecular weight excluding hydrogens is 569 g/mol. The first-order valence-corrected chi connectivity index (χ1v) is 13.6. The topological polar surface area (TPSA) is 148 Å². The number of aliphatic hydroxyl groups is 1. The summed E-state index contributed by atoms with van der Waals surface area (Å²) in [6, 6.07) is 10.3. The molecule has 2 amide bonds. The van der Waals surface area contributed by atoms with E-state index in [0.717, 1.165) is 33.9 Å². The van der Waals surface area contributed by atoms with Crippen LogP contribution in [0.25, 0.3) is 11.0 Å². The molecule has 0 saturated carbocycles. The maximum absolute atomic E-state index is 13.4. The van der Waals surface area contributed by atoms with Gasteiger partial charge >= 0.3 is 15.6 Å². The van der Waals surface area contributed by atoms with Crippen LogP contribution in [-0.2, 0) is 28.0 Å². The summed E-state index contributed by atoms with van der Waals surface area (Å²) in [6.07, 6.45) is 0. The van der Waals surface area contributed by atoms with Crippen LogP contribution in [0.3, 0.4) is 0 Å². The molecule has 3 aromatic rings. The second kappa shape index (κ2) is 11.9. The fourth-order valence-corrected chi connectivity index (χ4v) is 4.18. The number of likely N-dealkylation sites (N-methyl/N-ethyl adjacent to an activating group) is 1. The molecule has 11 nitrogen and oxygen atoms in total. The van der Waals surface area contributed by atoms with Crippen LogP contribution in [0.1, 0.15) is 35.3 Å². The number of amides is 2. The van der Waals surface area contributed by atoms with E-state index in [1.165, 1.54) is 11.9 Å². The number of aromatic nitrogens is 2. The lowest BCUT2D eigenvalue weighted by Gasteiger charge is -2.28. The van der Waals surface area contributed by atoms with Crippen molar-refractivity contribution in [3.05, 3.63) is 69.5 Å². The molecule has 0 saturated heterocycles. The first-order valence-electron chi connectivity index (χ1n) is 12.2. The number of benzene rings is 1. The fraction of sp³-hybridized carbons (Fsp3) is 0.385. The van der Waals surface area contributed by atoms with Crippen molar-refractivity contribution < 1.29 is 40.5 Å². The second-order valence-electron chi connectivity index (χ2n) is 10.2. The van der Waals surface area contributed by atoms with E-state index in [4.69, 9.17) is 0 Å². The minimum atomic E-state index is -6.07. The van der Waals surface area contributed by atoms with Gasteiger partial charge < -0.3 is 19.5 Å². The maximum Gasteiger partial charge on any atom is 0.534 e. The number of nitrogens with zero attached hydrogens (tertiary/aromatic N) is 3. The van der Waals surface area contributed by atoms with Gasteiger partial charge in [-0.05, 0) is 24.6 Å². The zero-order valence-corrected chi connectivity index (χ0v) is 23.5. The average Bonchev–Trinajstić information content (AvgIpc) is 2.88. The molecule has 2 N–H and O–H groups in total. The predicted molar refractivity (Wildman–Crippen MR) is 142 cm³/mol. The van der Waals surface area contributed by atoms with Crippen molar-refractivity contribution in [3.8, 4) is 5.88 Å². The Kier molecular flexibility index (Phi) is 9.13. The molecule has 3 rings (SSSR count). The van der Waals surface area contributed by atoms with Crippen molar-refractivity contribution in [2.75, 3.05) is 20.2 Å². The van der Waals surface area contributed by atoms with E-state index in [1.54, 1.807) is 26.0 Å². The third-order valence-corrected chi connectivity index (χ3v) is 6.98. The van der Waals surface area contributed by atoms with Crippen LogP contribution in [0.4, 0.5) is 13.2 Å². The van der Waals surface area contributed by atoms with E-state index >= 15 is 0 Å². The van der Waals surface area contributed by atoms with Crippen molar-refractivity contribution in [3.63, 3.8) is 0 Å². The Morgan fingerprint density at radius 1 is 1.12 bits per heavy atom. The Balaban J connectivity index is 2.06. The molecule has 0 atom stereocenters. The number of pyridine rings is 2. The van der Waals surface area contributed by atoms with E-state index < -0.39 is 50.8 Å². The first kappa shape index (κ1) is 31.5. The van der Waals surface area contributed by atoms with E-state index in [0.29, 0.717) is 0 Å². The zero-order valence-electron chi connectivity index (χ0n) is 22.7. The van der Waals surface area contributed by atoms with Gasteiger partial charge in [0.25, 0.3) is 11.5 Å². The molecule has 2 heterocycles. The Labute approximate surface area is 233 Å². The lowest BCUT2D eigenvalue weighted by atomic mass is 9.94. The van der Waals surface area contributed by atoms with Gasteiger partial charge in [0.2, 0.25) is 11.8 Å². The number of alkyl halides is 3. The number of hydrogen-bond acceptors (Lipinski definition) is 8. The highest BCUT2D eigenvalue weighted by molar-refractivity contribution is 7.87. The quantitative estimate of drug-likeness (QED) is 0.267. The van der Waals surface area contributed by atoms with Crippen LogP contribution in [-0.4, -0.2) is 65.5 Å². The summed E-state index contributed by atoms with van der Waals surface area (Å²) in [4.78, 5) is 44.5. The summed E-state index contributed by atoms with van der Waals surface area (Å²) >= 11 is 0. The van der Waals surface area contributed by atoms with Gasteiger partial charge in [0, 0.05) is 43.6 Å². The number of carbonyl (C=O) groups excluding carboxylic acids is 2. The molecule has 0 unspecified atom stereocenters. The summed E-state index contributed by atoms with van der Waals surface area (Å²) in [6.45, 7) is 4.50. The van der Waals surface area contributed by atoms with Crippen LogP contribution in [0.15, 0.2) is 47.3 Å². The van der Waals surface area contributed by atoms with Crippen LogP contribution < -0.4 is 15.1 Å². The Morgan fingerprint density at radius 3 is 2.34 bits per heavy atom.